The Kier molecular flexibility index (Phi) is 6.97. The molecule has 1 aromatic heterocycles. The highest BCUT2D eigenvalue weighted by Crippen LogP contribution is 2.15. The van der Waals surface area contributed by atoms with Crippen molar-refractivity contribution < 1.29 is 14.3 Å². The first-order chi connectivity index (χ1) is 14.4. The van der Waals surface area contributed by atoms with E-state index in [9.17, 15) is 14.4 Å². The minimum atomic E-state index is -0.349. The molecule has 0 atom stereocenters. The number of hydrogen-bond donors (Lipinski definition) is 2. The lowest BCUT2D eigenvalue weighted by Crippen LogP contribution is -2.19. The molecule has 0 spiro atoms. The minimum absolute atomic E-state index is 0.0345. The van der Waals surface area contributed by atoms with E-state index in [1.54, 1.807) is 31.4 Å². The number of nitrogens with one attached hydrogen (secondary N) is 2. The Morgan fingerprint density at radius 3 is 2.57 bits per heavy atom. The van der Waals surface area contributed by atoms with Crippen LogP contribution in [0.3, 0.4) is 0 Å². The molecule has 0 fully saturated rings. The fourth-order valence-electron chi connectivity index (χ4n) is 2.61. The number of aromatic amines is 1. The summed E-state index contributed by atoms with van der Waals surface area (Å²) >= 11 is 1.07. The van der Waals surface area contributed by atoms with Gasteiger partial charge in [0.2, 0.25) is 5.91 Å². The van der Waals surface area contributed by atoms with E-state index in [2.05, 4.69) is 20.5 Å². The molecule has 3 rings (SSSR count). The molecule has 0 aliphatic heterocycles. The first kappa shape index (κ1) is 21.3. The van der Waals surface area contributed by atoms with Crippen LogP contribution in [0.4, 0.5) is 5.69 Å². The van der Waals surface area contributed by atoms with Gasteiger partial charge in [-0.3, -0.25) is 19.4 Å². The number of amides is 1. The second-order valence-corrected chi connectivity index (χ2v) is 7.37. The molecule has 0 bridgehead atoms. The smallest absolute Gasteiger partial charge is 0.273 e. The molecule has 1 amide bonds. The minimum Gasteiger partial charge on any atom is -0.497 e. The Labute approximate surface area is 177 Å². The second-order valence-electron chi connectivity index (χ2n) is 6.40. The van der Waals surface area contributed by atoms with Crippen molar-refractivity contribution in [2.75, 3.05) is 18.2 Å². The topological polar surface area (TPSA) is 114 Å². The van der Waals surface area contributed by atoms with Gasteiger partial charge in [0.15, 0.2) is 10.9 Å². The van der Waals surface area contributed by atoms with Crippen LogP contribution in [0.25, 0.3) is 0 Å². The Hall–Kier alpha value is -3.46. The number of carbonyl (C=O) groups excluding carboxylic acids is 2. The maximum atomic E-state index is 12.3. The molecule has 0 saturated carbocycles. The number of Topliss-reactive ketones (excluding diaryl/α,β-unsaturated/α-hetero) is 1. The lowest BCUT2D eigenvalue weighted by atomic mass is 10.1. The highest BCUT2D eigenvalue weighted by atomic mass is 32.2. The van der Waals surface area contributed by atoms with E-state index in [-0.39, 0.29) is 33.9 Å². The third-order valence-electron chi connectivity index (χ3n) is 4.17. The number of anilines is 1. The van der Waals surface area contributed by atoms with Gasteiger partial charge in [-0.15, -0.1) is 10.2 Å². The number of hydrogen-bond acceptors (Lipinski definition) is 7. The van der Waals surface area contributed by atoms with E-state index in [0.29, 0.717) is 17.7 Å². The van der Waals surface area contributed by atoms with Crippen molar-refractivity contribution in [1.82, 2.24) is 15.2 Å². The molecule has 2 aromatic carbocycles. The molecule has 154 valence electrons. The standard InChI is InChI=1S/C21H20N4O4S/c1-13(26)15-4-3-5-16(11-15)22-19(27)12-30-21-23-20(28)18(24-25-21)10-14-6-8-17(29-2)9-7-14/h3-9,11H,10,12H2,1-2H3,(H,22,27)(H,23,25,28). The fraction of sp³-hybridized carbons (Fsp3) is 0.190. The lowest BCUT2D eigenvalue weighted by Gasteiger charge is -2.06. The van der Waals surface area contributed by atoms with Crippen molar-refractivity contribution in [3.05, 3.63) is 75.7 Å². The van der Waals surface area contributed by atoms with Gasteiger partial charge in [0.25, 0.3) is 5.56 Å². The number of ketones is 1. The third-order valence-corrected chi connectivity index (χ3v) is 5.03. The van der Waals surface area contributed by atoms with Gasteiger partial charge in [0, 0.05) is 17.7 Å². The Morgan fingerprint density at radius 2 is 1.90 bits per heavy atom. The summed E-state index contributed by atoms with van der Waals surface area (Å²) in [5.74, 6) is 0.401. The number of rotatable bonds is 8. The zero-order valence-corrected chi connectivity index (χ0v) is 17.3. The highest BCUT2D eigenvalue weighted by Gasteiger charge is 2.10. The summed E-state index contributed by atoms with van der Waals surface area (Å²) in [6.07, 6.45) is 0.338. The number of methoxy groups -OCH3 is 1. The van der Waals surface area contributed by atoms with Crippen molar-refractivity contribution in [1.29, 1.82) is 0 Å². The number of H-pyrrole nitrogens is 1. The number of thioether (sulfide) groups is 1. The summed E-state index contributed by atoms with van der Waals surface area (Å²) in [4.78, 5) is 38.5. The molecule has 8 nitrogen and oxygen atoms in total. The van der Waals surface area contributed by atoms with E-state index in [0.717, 1.165) is 23.1 Å². The van der Waals surface area contributed by atoms with Crippen molar-refractivity contribution >= 4 is 29.1 Å². The van der Waals surface area contributed by atoms with Gasteiger partial charge in [0.1, 0.15) is 11.4 Å². The van der Waals surface area contributed by atoms with Crippen LogP contribution in [-0.4, -0.2) is 39.7 Å². The first-order valence-electron chi connectivity index (χ1n) is 9.07. The summed E-state index contributed by atoms with van der Waals surface area (Å²) < 4.78 is 5.11. The van der Waals surface area contributed by atoms with E-state index < -0.39 is 0 Å². The van der Waals surface area contributed by atoms with E-state index >= 15 is 0 Å². The van der Waals surface area contributed by atoms with Gasteiger partial charge in [-0.25, -0.2) is 0 Å². The van der Waals surface area contributed by atoms with Crippen LogP contribution in [0.2, 0.25) is 0 Å². The Bertz CT molecular complexity index is 1110. The molecule has 0 unspecified atom stereocenters. The number of benzene rings is 2. The zero-order chi connectivity index (χ0) is 21.5. The lowest BCUT2D eigenvalue weighted by molar-refractivity contribution is -0.113. The number of nitrogens with zero attached hydrogens (tertiary/aromatic N) is 2. The summed E-state index contributed by atoms with van der Waals surface area (Å²) in [7, 11) is 1.59. The van der Waals surface area contributed by atoms with Crippen LogP contribution in [0, 0.1) is 0 Å². The molecule has 1 heterocycles. The maximum Gasteiger partial charge on any atom is 0.273 e. The summed E-state index contributed by atoms with van der Waals surface area (Å²) in [6.45, 7) is 1.46. The molecule has 9 heteroatoms. The molecule has 30 heavy (non-hydrogen) atoms. The summed E-state index contributed by atoms with van der Waals surface area (Å²) in [5, 5.41) is 11.0. The Morgan fingerprint density at radius 1 is 1.13 bits per heavy atom. The van der Waals surface area contributed by atoms with Crippen molar-refractivity contribution in [2.24, 2.45) is 0 Å². The molecule has 0 aliphatic rings. The number of aromatic nitrogens is 3. The molecule has 0 aliphatic carbocycles. The van der Waals surface area contributed by atoms with Crippen LogP contribution in [0.5, 0.6) is 5.75 Å². The average molecular weight is 424 g/mol. The fourth-order valence-corrected chi connectivity index (χ4v) is 3.21. The van der Waals surface area contributed by atoms with Gasteiger partial charge in [-0.1, -0.05) is 36.0 Å². The molecular formula is C21H20N4O4S. The van der Waals surface area contributed by atoms with Crippen LogP contribution < -0.4 is 15.6 Å². The quantitative estimate of drug-likeness (QED) is 0.422. The molecule has 0 saturated heterocycles. The Balaban J connectivity index is 1.57. The van der Waals surface area contributed by atoms with Crippen LogP contribution in [0.15, 0.2) is 58.5 Å². The van der Waals surface area contributed by atoms with E-state index in [1.807, 2.05) is 24.3 Å². The largest absolute Gasteiger partial charge is 0.497 e. The van der Waals surface area contributed by atoms with Crippen molar-refractivity contribution in [3.63, 3.8) is 0 Å². The van der Waals surface area contributed by atoms with Crippen LogP contribution >= 0.6 is 11.8 Å². The van der Waals surface area contributed by atoms with Crippen LogP contribution in [-0.2, 0) is 11.2 Å². The van der Waals surface area contributed by atoms with Gasteiger partial charge in [-0.2, -0.15) is 0 Å². The van der Waals surface area contributed by atoms with Crippen molar-refractivity contribution in [2.45, 2.75) is 18.5 Å². The van der Waals surface area contributed by atoms with Crippen molar-refractivity contribution in [3.8, 4) is 5.75 Å². The normalized spacial score (nSPS) is 10.5. The van der Waals surface area contributed by atoms with Gasteiger partial charge < -0.3 is 10.1 Å². The van der Waals surface area contributed by atoms with E-state index in [4.69, 9.17) is 4.74 Å². The monoisotopic (exact) mass is 424 g/mol. The predicted molar refractivity (Wildman–Crippen MR) is 114 cm³/mol. The molecular weight excluding hydrogens is 404 g/mol. The maximum absolute atomic E-state index is 12.3. The third kappa shape index (κ3) is 5.77. The molecule has 3 aromatic rings. The first-order valence-corrected chi connectivity index (χ1v) is 10.1. The summed E-state index contributed by atoms with van der Waals surface area (Å²) in [5.41, 5.74) is 1.89. The number of ether oxygens (including phenoxy) is 1. The second kappa shape index (κ2) is 9.84. The summed E-state index contributed by atoms with van der Waals surface area (Å²) in [6, 6.07) is 14.0. The SMILES string of the molecule is COc1ccc(Cc2nnc(SCC(=O)Nc3cccc(C(C)=O)c3)[nH]c2=O)cc1. The average Bonchev–Trinajstić information content (AvgIpc) is 2.74. The van der Waals surface area contributed by atoms with E-state index in [1.165, 1.54) is 6.92 Å². The van der Waals surface area contributed by atoms with Gasteiger partial charge in [-0.05, 0) is 36.8 Å². The van der Waals surface area contributed by atoms with Crippen LogP contribution in [0.1, 0.15) is 28.5 Å². The van der Waals surface area contributed by atoms with Gasteiger partial charge >= 0.3 is 0 Å². The van der Waals surface area contributed by atoms with Gasteiger partial charge in [0.05, 0.1) is 12.9 Å². The zero-order valence-electron chi connectivity index (χ0n) is 16.5. The molecule has 2 N–H and O–H groups in total. The highest BCUT2D eigenvalue weighted by molar-refractivity contribution is 7.99. The molecule has 0 radical (unpaired) electrons. The number of carbonyl (C=O) groups is 2. The predicted octanol–water partition coefficient (Wildman–Crippen LogP) is 2.70.